The van der Waals surface area contributed by atoms with E-state index in [1.165, 1.54) is 244 Å². The minimum atomic E-state index is -1.62. The molecular weight excluding hydrogens is 1010 g/mol. The molecule has 0 saturated heterocycles. The zero-order chi connectivity index (χ0) is 59.1. The largest absolute Gasteiger partial charge is 0.545 e. The van der Waals surface area contributed by atoms with Crippen LogP contribution >= 0.6 is 0 Å². The van der Waals surface area contributed by atoms with Crippen LogP contribution in [0.3, 0.4) is 0 Å². The summed E-state index contributed by atoms with van der Waals surface area (Å²) in [6, 6.07) is 0. The van der Waals surface area contributed by atoms with E-state index in [0.29, 0.717) is 17.4 Å². The molecule has 81 heavy (non-hydrogen) atoms. The van der Waals surface area contributed by atoms with Gasteiger partial charge in [0, 0.05) is 12.8 Å². The SMILES string of the molecule is CC/C=C\C/C=C\C/C=C\C/C=C\CCCCCCCCCCCCCCCCCCCCCCCCCCCCCCC(=O)OC(COC(=O)CCCCCCCCCCCCCCCCC)COC(OCC[N+](C)(C)C)C(=O)[O-]. The van der Waals surface area contributed by atoms with Crippen LogP contribution in [-0.4, -0.2) is 82.3 Å². The van der Waals surface area contributed by atoms with E-state index in [4.69, 9.17) is 18.9 Å². The minimum absolute atomic E-state index is 0.151. The number of quaternary nitrogens is 1. The fraction of sp³-hybridized carbons (Fsp3) is 0.847. The van der Waals surface area contributed by atoms with Crippen molar-refractivity contribution in [2.45, 2.75) is 347 Å². The first-order chi connectivity index (χ1) is 39.6. The molecule has 0 aliphatic heterocycles. The third kappa shape index (κ3) is 64.7. The van der Waals surface area contributed by atoms with Crippen LogP contribution in [0.15, 0.2) is 48.6 Å². The average Bonchev–Trinajstić information content (AvgIpc) is 3.44. The van der Waals surface area contributed by atoms with Gasteiger partial charge in [0.1, 0.15) is 13.2 Å². The average molecular weight is 1140 g/mol. The highest BCUT2D eigenvalue weighted by molar-refractivity contribution is 5.70. The molecule has 0 saturated carbocycles. The molecule has 9 heteroatoms. The van der Waals surface area contributed by atoms with Gasteiger partial charge in [0.2, 0.25) is 0 Å². The van der Waals surface area contributed by atoms with E-state index in [1.54, 1.807) is 0 Å². The summed E-state index contributed by atoms with van der Waals surface area (Å²) in [7, 11) is 5.94. The molecule has 0 heterocycles. The lowest BCUT2D eigenvalue weighted by Crippen LogP contribution is -2.44. The third-order valence-electron chi connectivity index (χ3n) is 15.6. The summed E-state index contributed by atoms with van der Waals surface area (Å²) < 4.78 is 22.8. The standard InChI is InChI=1S/C72H133NO8/c1-6-8-10-12-14-16-18-20-22-23-24-25-26-27-28-29-30-31-32-33-34-35-36-37-38-39-40-41-42-43-44-45-46-47-49-51-53-55-57-59-61-63-70(75)81-68(67-80-72(71(76)77)78-65-64-73(3,4)5)66-79-69(74)62-60-58-56-54-52-50-48-21-19-17-15-13-11-9-7-2/h8,10,14,16,20,22,24-25,68,72H,6-7,9,11-13,15,17-19,21,23,26-67H2,1-5H3/b10-8-,16-14-,22-20-,25-24-. The van der Waals surface area contributed by atoms with Crippen molar-refractivity contribution in [3.63, 3.8) is 0 Å². The van der Waals surface area contributed by atoms with Crippen molar-refractivity contribution in [2.24, 2.45) is 0 Å². The Morgan fingerprint density at radius 2 is 0.704 bits per heavy atom. The molecule has 0 aliphatic carbocycles. The van der Waals surface area contributed by atoms with Gasteiger partial charge in [-0.3, -0.25) is 9.59 Å². The lowest BCUT2D eigenvalue weighted by Gasteiger charge is -2.26. The summed E-state index contributed by atoms with van der Waals surface area (Å²) in [6.45, 7) is 4.69. The molecule has 0 aromatic carbocycles. The van der Waals surface area contributed by atoms with Gasteiger partial charge in [-0.15, -0.1) is 0 Å². The van der Waals surface area contributed by atoms with Crippen LogP contribution in [0.25, 0.3) is 0 Å². The number of rotatable bonds is 65. The van der Waals surface area contributed by atoms with E-state index in [1.807, 2.05) is 21.1 Å². The predicted octanol–water partition coefficient (Wildman–Crippen LogP) is 20.0. The predicted molar refractivity (Wildman–Crippen MR) is 343 cm³/mol. The van der Waals surface area contributed by atoms with Crippen molar-refractivity contribution < 1.29 is 42.9 Å². The van der Waals surface area contributed by atoms with Gasteiger partial charge < -0.3 is 33.3 Å². The van der Waals surface area contributed by atoms with Gasteiger partial charge in [0.25, 0.3) is 0 Å². The number of carbonyl (C=O) groups excluding carboxylic acids is 3. The Balaban J connectivity index is 3.90. The van der Waals surface area contributed by atoms with Crippen LogP contribution in [-0.2, 0) is 33.3 Å². The quantitative estimate of drug-likeness (QED) is 0.0195. The molecule has 2 unspecified atom stereocenters. The number of allylic oxidation sites excluding steroid dienone is 8. The van der Waals surface area contributed by atoms with Gasteiger partial charge in [0.05, 0.1) is 40.3 Å². The number of carbonyl (C=O) groups is 3. The number of esters is 2. The number of ether oxygens (including phenoxy) is 4. The molecule has 9 nitrogen and oxygen atoms in total. The number of unbranched alkanes of at least 4 members (excludes halogenated alkanes) is 42. The molecule has 0 amide bonds. The van der Waals surface area contributed by atoms with Crippen molar-refractivity contribution in [3.05, 3.63) is 48.6 Å². The summed E-state index contributed by atoms with van der Waals surface area (Å²) in [5.74, 6) is -2.26. The second-order valence-corrected chi connectivity index (χ2v) is 24.8. The highest BCUT2D eigenvalue weighted by Gasteiger charge is 2.22. The highest BCUT2D eigenvalue weighted by atomic mass is 16.7. The molecule has 0 rings (SSSR count). The summed E-state index contributed by atoms with van der Waals surface area (Å²) in [5.41, 5.74) is 0. The summed E-state index contributed by atoms with van der Waals surface area (Å²) >= 11 is 0. The Bertz CT molecular complexity index is 1470. The minimum Gasteiger partial charge on any atom is -0.545 e. The first-order valence-electron chi connectivity index (χ1n) is 34.8. The molecule has 0 bridgehead atoms. The van der Waals surface area contributed by atoms with Gasteiger partial charge in [0.15, 0.2) is 12.4 Å². The molecule has 0 spiro atoms. The molecule has 0 N–H and O–H groups in total. The maximum Gasteiger partial charge on any atom is 0.306 e. The maximum absolute atomic E-state index is 12.9. The monoisotopic (exact) mass is 1140 g/mol. The van der Waals surface area contributed by atoms with E-state index in [2.05, 4.69) is 62.5 Å². The van der Waals surface area contributed by atoms with Crippen molar-refractivity contribution in [1.29, 1.82) is 0 Å². The number of hydrogen-bond donors (Lipinski definition) is 0. The molecule has 0 aromatic heterocycles. The van der Waals surface area contributed by atoms with Crippen LogP contribution < -0.4 is 5.11 Å². The molecular formula is C72H133NO8. The van der Waals surface area contributed by atoms with Crippen LogP contribution in [0.2, 0.25) is 0 Å². The van der Waals surface area contributed by atoms with Crippen LogP contribution in [0.5, 0.6) is 0 Å². The molecule has 0 aliphatic rings. The van der Waals surface area contributed by atoms with E-state index in [-0.39, 0.29) is 32.2 Å². The fourth-order valence-electron chi connectivity index (χ4n) is 10.3. The van der Waals surface area contributed by atoms with E-state index in [9.17, 15) is 19.5 Å². The highest BCUT2D eigenvalue weighted by Crippen LogP contribution is 2.19. The summed E-state index contributed by atoms with van der Waals surface area (Å²) in [4.78, 5) is 37.4. The normalized spacial score (nSPS) is 13.0. The first-order valence-corrected chi connectivity index (χ1v) is 34.8. The van der Waals surface area contributed by atoms with Crippen molar-refractivity contribution in [2.75, 3.05) is 47.5 Å². The van der Waals surface area contributed by atoms with E-state index in [0.717, 1.165) is 64.2 Å². The molecule has 0 radical (unpaired) electrons. The number of hydrogen-bond acceptors (Lipinski definition) is 8. The van der Waals surface area contributed by atoms with E-state index >= 15 is 0 Å². The Kier molecular flexibility index (Phi) is 61.1. The molecule has 2 atom stereocenters. The Labute approximate surface area is 502 Å². The molecule has 0 aromatic rings. The number of carboxylic acids is 1. The second-order valence-electron chi connectivity index (χ2n) is 24.8. The van der Waals surface area contributed by atoms with Crippen LogP contribution in [0, 0.1) is 0 Å². The number of nitrogens with zero attached hydrogens (tertiary/aromatic N) is 1. The Hall–Kier alpha value is -2.75. The Morgan fingerprint density at radius 3 is 1.05 bits per heavy atom. The maximum atomic E-state index is 12.9. The topological polar surface area (TPSA) is 111 Å². The van der Waals surface area contributed by atoms with Crippen molar-refractivity contribution in [3.8, 4) is 0 Å². The second kappa shape index (κ2) is 63.3. The number of carboxylic acid groups (broad SMARTS) is 1. The lowest BCUT2D eigenvalue weighted by atomic mass is 10.0. The lowest BCUT2D eigenvalue weighted by molar-refractivity contribution is -0.870. The number of likely N-dealkylation sites (N-methyl/N-ethyl adjacent to an activating group) is 1. The van der Waals surface area contributed by atoms with Gasteiger partial charge in [-0.2, -0.15) is 0 Å². The van der Waals surface area contributed by atoms with Crippen LogP contribution in [0.1, 0.15) is 335 Å². The van der Waals surface area contributed by atoms with Crippen LogP contribution in [0.4, 0.5) is 0 Å². The summed E-state index contributed by atoms with van der Waals surface area (Å²) in [5, 5.41) is 11.8. The smallest absolute Gasteiger partial charge is 0.306 e. The molecule has 474 valence electrons. The zero-order valence-corrected chi connectivity index (χ0v) is 54.2. The molecule has 0 fully saturated rings. The van der Waals surface area contributed by atoms with Crippen molar-refractivity contribution in [1.82, 2.24) is 0 Å². The summed E-state index contributed by atoms with van der Waals surface area (Å²) in [6.07, 6.45) is 77.9. The fourth-order valence-corrected chi connectivity index (χ4v) is 10.3. The zero-order valence-electron chi connectivity index (χ0n) is 54.2. The van der Waals surface area contributed by atoms with Gasteiger partial charge in [-0.1, -0.05) is 319 Å². The third-order valence-corrected chi connectivity index (χ3v) is 15.6. The van der Waals surface area contributed by atoms with Gasteiger partial charge >= 0.3 is 11.9 Å². The Morgan fingerprint density at radius 1 is 0.383 bits per heavy atom. The van der Waals surface area contributed by atoms with E-state index < -0.39 is 24.3 Å². The van der Waals surface area contributed by atoms with Gasteiger partial charge in [-0.25, -0.2) is 0 Å². The first kappa shape index (κ1) is 78.2. The number of aliphatic carboxylic acids is 1. The van der Waals surface area contributed by atoms with Crippen molar-refractivity contribution >= 4 is 17.9 Å². The van der Waals surface area contributed by atoms with Gasteiger partial charge in [-0.05, 0) is 51.4 Å².